The summed E-state index contributed by atoms with van der Waals surface area (Å²) in [6.45, 7) is 0. The normalized spacial score (nSPS) is 12.9. The summed E-state index contributed by atoms with van der Waals surface area (Å²) in [5, 5.41) is 1.97. The number of hydrogen-bond acceptors (Lipinski definition) is 4. The lowest BCUT2D eigenvalue weighted by Crippen LogP contribution is -2.28. The first-order chi connectivity index (χ1) is 7.81. The maximum atomic E-state index is 12.1. The fourth-order valence-corrected chi connectivity index (χ4v) is 2.48. The van der Waals surface area contributed by atoms with Crippen molar-refractivity contribution in [3.05, 3.63) is 29.6 Å². The molecular weight excluding hydrogens is 277 g/mol. The number of halogens is 3. The molecule has 0 unspecified atom stereocenters. The van der Waals surface area contributed by atoms with Gasteiger partial charge in [0.05, 0.1) is 0 Å². The lowest BCUT2D eigenvalue weighted by atomic mass is 10.2. The summed E-state index contributed by atoms with van der Waals surface area (Å²) in [7, 11) is -5.62. The van der Waals surface area contributed by atoms with Crippen molar-refractivity contribution >= 4 is 31.5 Å². The van der Waals surface area contributed by atoms with Gasteiger partial charge >= 0.3 is 15.6 Å². The second-order valence-electron chi connectivity index (χ2n) is 3.07. The Kier molecular flexibility index (Phi) is 2.78. The molecule has 0 spiro atoms. The van der Waals surface area contributed by atoms with Crippen molar-refractivity contribution in [2.24, 2.45) is 0 Å². The molecule has 0 aliphatic heterocycles. The molecule has 0 radical (unpaired) electrons. The van der Waals surface area contributed by atoms with E-state index in [1.807, 2.05) is 0 Å². The average molecular weight is 282 g/mol. The first-order valence-electron chi connectivity index (χ1n) is 4.28. The van der Waals surface area contributed by atoms with Crippen LogP contribution in [-0.2, 0) is 10.1 Å². The highest BCUT2D eigenvalue weighted by Gasteiger charge is 2.48. The predicted octanol–water partition coefficient (Wildman–Crippen LogP) is 3.13. The van der Waals surface area contributed by atoms with Crippen molar-refractivity contribution in [1.82, 2.24) is 0 Å². The van der Waals surface area contributed by atoms with Crippen LogP contribution in [0.25, 0.3) is 10.1 Å². The third-order valence-corrected chi connectivity index (χ3v) is 3.79. The molecule has 1 heterocycles. The lowest BCUT2D eigenvalue weighted by molar-refractivity contribution is -0.0499. The molecule has 0 fully saturated rings. The number of rotatable bonds is 2. The van der Waals surface area contributed by atoms with Gasteiger partial charge in [-0.05, 0) is 23.6 Å². The van der Waals surface area contributed by atoms with Crippen LogP contribution in [0.3, 0.4) is 0 Å². The van der Waals surface area contributed by atoms with Crippen LogP contribution >= 0.6 is 11.3 Å². The van der Waals surface area contributed by atoms with Crippen molar-refractivity contribution in [2.75, 3.05) is 0 Å². The fraction of sp³-hybridized carbons (Fsp3) is 0.111. The first kappa shape index (κ1) is 12.2. The largest absolute Gasteiger partial charge is 0.534 e. The van der Waals surface area contributed by atoms with Gasteiger partial charge in [0, 0.05) is 10.1 Å². The van der Waals surface area contributed by atoms with Crippen LogP contribution in [0.15, 0.2) is 29.6 Å². The van der Waals surface area contributed by atoms with Gasteiger partial charge < -0.3 is 4.18 Å². The van der Waals surface area contributed by atoms with Crippen molar-refractivity contribution in [1.29, 1.82) is 0 Å². The molecular formula is C9H5F3O3S2. The summed E-state index contributed by atoms with van der Waals surface area (Å²) in [5.41, 5.74) is -5.43. The highest BCUT2D eigenvalue weighted by molar-refractivity contribution is 7.88. The summed E-state index contributed by atoms with van der Waals surface area (Å²) in [6.07, 6.45) is 0. The van der Waals surface area contributed by atoms with E-state index in [9.17, 15) is 21.6 Å². The SMILES string of the molecule is O=S(=O)(Oc1cccc2sccc12)C(F)(F)F. The van der Waals surface area contributed by atoms with Gasteiger partial charge in [0.25, 0.3) is 0 Å². The first-order valence-corrected chi connectivity index (χ1v) is 6.57. The molecule has 0 bridgehead atoms. The van der Waals surface area contributed by atoms with Gasteiger partial charge in [-0.1, -0.05) is 6.07 Å². The summed E-state index contributed by atoms with van der Waals surface area (Å²) in [5.74, 6) is -0.318. The standard InChI is InChI=1S/C9H5F3O3S2/c10-9(11,12)17(13,14)15-7-2-1-3-8-6(7)4-5-16-8/h1-5H. The Morgan fingerprint density at radius 1 is 1.18 bits per heavy atom. The maximum absolute atomic E-state index is 12.1. The molecule has 2 rings (SSSR count). The third kappa shape index (κ3) is 2.22. The number of fused-ring (bicyclic) bond motifs is 1. The molecule has 0 amide bonds. The highest BCUT2D eigenvalue weighted by atomic mass is 32.2. The van der Waals surface area contributed by atoms with Crippen LogP contribution in [0.5, 0.6) is 5.75 Å². The zero-order chi connectivity index (χ0) is 12.7. The molecule has 0 N–H and O–H groups in total. The monoisotopic (exact) mass is 282 g/mol. The van der Waals surface area contributed by atoms with Crippen LogP contribution in [0.1, 0.15) is 0 Å². The van der Waals surface area contributed by atoms with Gasteiger partial charge in [-0.15, -0.1) is 11.3 Å². The smallest absolute Gasteiger partial charge is 0.375 e. The Morgan fingerprint density at radius 2 is 1.88 bits per heavy atom. The summed E-state index contributed by atoms with van der Waals surface area (Å²) in [6, 6.07) is 5.77. The molecule has 3 nitrogen and oxygen atoms in total. The zero-order valence-electron chi connectivity index (χ0n) is 8.06. The van der Waals surface area contributed by atoms with Gasteiger partial charge in [0.15, 0.2) is 5.75 Å². The molecule has 17 heavy (non-hydrogen) atoms. The molecule has 0 atom stereocenters. The van der Waals surface area contributed by atoms with Gasteiger partial charge in [-0.3, -0.25) is 0 Å². The zero-order valence-corrected chi connectivity index (χ0v) is 9.69. The molecule has 0 aliphatic carbocycles. The molecule has 0 saturated heterocycles. The number of alkyl halides is 3. The molecule has 1 aromatic heterocycles. The van der Waals surface area contributed by atoms with Crippen LogP contribution in [0.2, 0.25) is 0 Å². The average Bonchev–Trinajstić information content (AvgIpc) is 2.64. The summed E-state index contributed by atoms with van der Waals surface area (Å²) < 4.78 is 62.8. The molecule has 0 aliphatic rings. The Hall–Kier alpha value is -1.28. The number of hydrogen-bond donors (Lipinski definition) is 0. The van der Waals surface area contributed by atoms with Crippen LogP contribution in [0.4, 0.5) is 13.2 Å². The number of thiophene rings is 1. The van der Waals surface area contributed by atoms with Crippen molar-refractivity contribution in [3.63, 3.8) is 0 Å². The number of benzene rings is 1. The minimum atomic E-state index is -5.62. The van der Waals surface area contributed by atoms with E-state index < -0.39 is 15.6 Å². The fourth-order valence-electron chi connectivity index (χ4n) is 1.20. The summed E-state index contributed by atoms with van der Waals surface area (Å²) in [4.78, 5) is 0. The van der Waals surface area contributed by atoms with Gasteiger partial charge in [0.1, 0.15) is 0 Å². The predicted molar refractivity (Wildman–Crippen MR) is 57.4 cm³/mol. The van der Waals surface area contributed by atoms with Crippen molar-refractivity contribution in [3.8, 4) is 5.75 Å². The van der Waals surface area contributed by atoms with Crippen molar-refractivity contribution in [2.45, 2.75) is 5.51 Å². The van der Waals surface area contributed by atoms with Crippen LogP contribution < -0.4 is 4.18 Å². The highest BCUT2D eigenvalue weighted by Crippen LogP contribution is 2.33. The van der Waals surface area contributed by atoms with E-state index in [0.717, 1.165) is 0 Å². The van der Waals surface area contributed by atoms with Gasteiger partial charge in [-0.2, -0.15) is 21.6 Å². The molecule has 8 heteroatoms. The minimum Gasteiger partial charge on any atom is -0.375 e. The quantitative estimate of drug-likeness (QED) is 0.628. The van der Waals surface area contributed by atoms with Gasteiger partial charge in [-0.25, -0.2) is 0 Å². The Balaban J connectivity index is 2.47. The maximum Gasteiger partial charge on any atom is 0.534 e. The van der Waals surface area contributed by atoms with E-state index in [1.165, 1.54) is 29.5 Å². The Labute approximate surface area is 98.6 Å². The van der Waals surface area contributed by atoms with Crippen LogP contribution in [0, 0.1) is 0 Å². The molecule has 2 aromatic rings. The Morgan fingerprint density at radius 3 is 2.53 bits per heavy atom. The second-order valence-corrected chi connectivity index (χ2v) is 5.56. The van der Waals surface area contributed by atoms with E-state index in [0.29, 0.717) is 10.1 Å². The van der Waals surface area contributed by atoms with E-state index in [1.54, 1.807) is 11.4 Å². The lowest BCUT2D eigenvalue weighted by Gasteiger charge is -2.09. The Bertz CT molecular complexity index is 643. The topological polar surface area (TPSA) is 43.4 Å². The molecule has 0 saturated carbocycles. The van der Waals surface area contributed by atoms with Gasteiger partial charge in [0.2, 0.25) is 0 Å². The van der Waals surface area contributed by atoms with Crippen LogP contribution in [-0.4, -0.2) is 13.9 Å². The molecule has 92 valence electrons. The third-order valence-electron chi connectivity index (χ3n) is 1.94. The van der Waals surface area contributed by atoms with E-state index in [-0.39, 0.29) is 5.75 Å². The second kappa shape index (κ2) is 3.88. The minimum absolute atomic E-state index is 0.318. The van der Waals surface area contributed by atoms with E-state index in [2.05, 4.69) is 4.18 Å². The van der Waals surface area contributed by atoms with Crippen molar-refractivity contribution < 1.29 is 25.8 Å². The van der Waals surface area contributed by atoms with E-state index >= 15 is 0 Å². The summed E-state index contributed by atoms with van der Waals surface area (Å²) >= 11 is 1.28. The van der Waals surface area contributed by atoms with E-state index in [4.69, 9.17) is 0 Å². The molecule has 1 aromatic carbocycles.